The Labute approximate surface area is 267 Å². The molecule has 1 aromatic heterocycles. The predicted molar refractivity (Wildman–Crippen MR) is 169 cm³/mol. The zero-order chi connectivity index (χ0) is 32.3. The van der Waals surface area contributed by atoms with Crippen LogP contribution in [0.3, 0.4) is 0 Å². The lowest BCUT2D eigenvalue weighted by atomic mass is 10.1. The average Bonchev–Trinajstić information content (AvgIpc) is 3.45. The van der Waals surface area contributed by atoms with E-state index in [2.05, 4.69) is 30.6 Å². The van der Waals surface area contributed by atoms with E-state index < -0.39 is 32.5 Å². The number of nitrogens with zero attached hydrogens (tertiary/aromatic N) is 4. The van der Waals surface area contributed by atoms with E-state index in [0.29, 0.717) is 54.8 Å². The van der Waals surface area contributed by atoms with E-state index >= 15 is 0 Å². The molecule has 6 rings (SSSR count). The summed E-state index contributed by atoms with van der Waals surface area (Å²) >= 11 is 0. The molecule has 2 aromatic carbocycles. The van der Waals surface area contributed by atoms with Gasteiger partial charge in [-0.1, -0.05) is 0 Å². The molecule has 46 heavy (non-hydrogen) atoms. The van der Waals surface area contributed by atoms with E-state index in [1.807, 2.05) is 12.1 Å². The highest BCUT2D eigenvalue weighted by Crippen LogP contribution is 2.31. The summed E-state index contributed by atoms with van der Waals surface area (Å²) in [5, 5.41) is 13.6. The van der Waals surface area contributed by atoms with Crippen molar-refractivity contribution in [3.63, 3.8) is 0 Å². The van der Waals surface area contributed by atoms with E-state index in [4.69, 9.17) is 9.47 Å². The fourth-order valence-corrected chi connectivity index (χ4v) is 7.59. The second-order valence-corrected chi connectivity index (χ2v) is 13.7. The summed E-state index contributed by atoms with van der Waals surface area (Å²) in [6.45, 7) is 6.38. The first-order chi connectivity index (χ1) is 22.2. The van der Waals surface area contributed by atoms with Crippen molar-refractivity contribution in [2.24, 2.45) is 0 Å². The fourth-order valence-electron chi connectivity index (χ4n) is 6.14. The summed E-state index contributed by atoms with van der Waals surface area (Å²) in [5.74, 6) is -2.15. The number of carbonyl (C=O) groups is 1. The van der Waals surface area contributed by atoms with Gasteiger partial charge < -0.3 is 25.0 Å². The number of fused-ring (bicyclic) bond motifs is 1. The van der Waals surface area contributed by atoms with E-state index in [-0.39, 0.29) is 24.9 Å². The summed E-state index contributed by atoms with van der Waals surface area (Å²) in [6, 6.07) is 8.12. The lowest BCUT2D eigenvalue weighted by molar-refractivity contribution is 0.0904. The van der Waals surface area contributed by atoms with Gasteiger partial charge >= 0.3 is 0 Å². The lowest BCUT2D eigenvalue weighted by Crippen LogP contribution is -2.47. The van der Waals surface area contributed by atoms with Crippen molar-refractivity contribution < 1.29 is 31.5 Å². The van der Waals surface area contributed by atoms with E-state index in [1.165, 1.54) is 0 Å². The molecule has 12 nitrogen and oxygen atoms in total. The Morgan fingerprint density at radius 3 is 2.52 bits per heavy atom. The van der Waals surface area contributed by atoms with Gasteiger partial charge in [-0.2, -0.15) is 9.40 Å². The minimum Gasteiger partial charge on any atom is -0.383 e. The van der Waals surface area contributed by atoms with Gasteiger partial charge in [0.15, 0.2) is 5.82 Å². The summed E-state index contributed by atoms with van der Waals surface area (Å²) in [6.07, 6.45) is 1.92. The Morgan fingerprint density at radius 2 is 1.80 bits per heavy atom. The zero-order valence-corrected chi connectivity index (χ0v) is 26.5. The molecule has 3 aliphatic rings. The van der Waals surface area contributed by atoms with Crippen LogP contribution in [0.15, 0.2) is 41.3 Å². The van der Waals surface area contributed by atoms with Crippen LogP contribution in [0.1, 0.15) is 34.5 Å². The van der Waals surface area contributed by atoms with Crippen LogP contribution in [-0.2, 0) is 32.5 Å². The number of amides is 1. The molecule has 248 valence electrons. The molecule has 2 saturated heterocycles. The van der Waals surface area contributed by atoms with Crippen LogP contribution in [0.4, 0.5) is 26.0 Å². The highest BCUT2D eigenvalue weighted by molar-refractivity contribution is 7.89. The molecule has 3 aromatic rings. The molecule has 0 bridgehead atoms. The third-order valence-electron chi connectivity index (χ3n) is 8.78. The minimum atomic E-state index is -4.21. The number of hydrogen-bond donors (Lipinski definition) is 3. The van der Waals surface area contributed by atoms with Crippen LogP contribution in [0, 0.1) is 11.6 Å². The van der Waals surface area contributed by atoms with Crippen molar-refractivity contribution >= 4 is 33.1 Å². The number of H-pyrrole nitrogens is 1. The molecular weight excluding hydrogens is 620 g/mol. The van der Waals surface area contributed by atoms with Crippen molar-refractivity contribution in [1.29, 1.82) is 0 Å². The number of anilines is 3. The van der Waals surface area contributed by atoms with Crippen LogP contribution in [-0.4, -0.2) is 106 Å². The molecule has 4 heterocycles. The maximum Gasteiger partial charge on any atom is 0.258 e. The molecule has 15 heteroatoms. The Kier molecular flexibility index (Phi) is 9.84. The molecule has 2 fully saturated rings. The second kappa shape index (κ2) is 14.0. The van der Waals surface area contributed by atoms with Crippen LogP contribution >= 0.6 is 0 Å². The number of carbonyl (C=O) groups excluding carboxylic acids is 1. The first kappa shape index (κ1) is 32.3. The minimum absolute atomic E-state index is 0.0876. The second-order valence-electron chi connectivity index (χ2n) is 11.8. The number of aromatic nitrogens is 2. The summed E-state index contributed by atoms with van der Waals surface area (Å²) in [4.78, 5) is 18.0. The van der Waals surface area contributed by atoms with Crippen molar-refractivity contribution in [2.75, 3.05) is 81.7 Å². The SMILES string of the molecule is COCCN1CCN(c2ccc(C(=O)Nc3n[nH]c4c3CN(S(=O)(=O)c3cc(F)cc(F)c3)CC4)c(NC3CCOCC3)c2)CC1. The first-order valence-corrected chi connectivity index (χ1v) is 16.9. The number of ether oxygens (including phenoxy) is 2. The topological polar surface area (TPSA) is 132 Å². The molecule has 0 unspecified atom stereocenters. The van der Waals surface area contributed by atoms with Gasteiger partial charge in [0.1, 0.15) is 11.6 Å². The number of hydrogen-bond acceptors (Lipinski definition) is 9. The third kappa shape index (κ3) is 7.18. The van der Waals surface area contributed by atoms with E-state index in [9.17, 15) is 22.0 Å². The van der Waals surface area contributed by atoms with Gasteiger partial charge in [0.2, 0.25) is 10.0 Å². The number of sulfonamides is 1. The molecule has 0 radical (unpaired) electrons. The summed E-state index contributed by atoms with van der Waals surface area (Å²) in [7, 11) is -2.50. The number of nitrogens with one attached hydrogen (secondary N) is 3. The molecule has 3 aliphatic heterocycles. The zero-order valence-electron chi connectivity index (χ0n) is 25.7. The number of methoxy groups -OCH3 is 1. The predicted octanol–water partition coefficient (Wildman–Crippen LogP) is 3.05. The smallest absolute Gasteiger partial charge is 0.258 e. The monoisotopic (exact) mass is 659 g/mol. The third-order valence-corrected chi connectivity index (χ3v) is 10.6. The maximum absolute atomic E-state index is 13.8. The Morgan fingerprint density at radius 1 is 1.07 bits per heavy atom. The van der Waals surface area contributed by atoms with Crippen LogP contribution in [0.25, 0.3) is 0 Å². The highest BCUT2D eigenvalue weighted by atomic mass is 32.2. The largest absolute Gasteiger partial charge is 0.383 e. The molecule has 0 spiro atoms. The lowest BCUT2D eigenvalue weighted by Gasteiger charge is -2.36. The van der Waals surface area contributed by atoms with Gasteiger partial charge in [0.25, 0.3) is 5.91 Å². The van der Waals surface area contributed by atoms with E-state index in [0.717, 1.165) is 67.7 Å². The van der Waals surface area contributed by atoms with Gasteiger partial charge in [0, 0.05) is 107 Å². The molecular formula is C31H39F2N7O5S. The fraction of sp³-hybridized carbons (Fsp3) is 0.484. The standard InChI is InChI=1S/C31H39F2N7O5S/c1-44-15-12-38-8-10-39(11-9-38)24-2-3-26(29(19-24)34-23-5-13-45-14-6-23)31(41)35-30-27-20-40(7-4-28(27)36-37-30)46(42,43)25-17-21(32)16-22(33)18-25/h2-3,16-19,23,34H,4-15,20H2,1H3,(H2,35,36,37,41). The van der Waals surface area contributed by atoms with Gasteiger partial charge in [-0.3, -0.25) is 14.8 Å². The first-order valence-electron chi connectivity index (χ1n) is 15.5. The summed E-state index contributed by atoms with van der Waals surface area (Å²) < 4.78 is 66.1. The maximum atomic E-state index is 13.8. The number of halogens is 2. The number of aromatic amines is 1. The van der Waals surface area contributed by atoms with Crippen LogP contribution in [0.2, 0.25) is 0 Å². The quantitative estimate of drug-likeness (QED) is 0.301. The Bertz CT molecular complexity index is 1640. The van der Waals surface area contributed by atoms with Gasteiger partial charge in [-0.15, -0.1) is 0 Å². The molecule has 3 N–H and O–H groups in total. The Hall–Kier alpha value is -3.63. The van der Waals surface area contributed by atoms with Crippen molar-refractivity contribution in [3.8, 4) is 0 Å². The number of rotatable bonds is 10. The average molecular weight is 660 g/mol. The normalized spacial score (nSPS) is 18.4. The van der Waals surface area contributed by atoms with Crippen molar-refractivity contribution in [3.05, 3.63) is 64.9 Å². The number of piperazine rings is 1. The van der Waals surface area contributed by atoms with Gasteiger partial charge in [-0.05, 0) is 43.2 Å². The van der Waals surface area contributed by atoms with Crippen molar-refractivity contribution in [2.45, 2.75) is 36.7 Å². The van der Waals surface area contributed by atoms with E-state index in [1.54, 1.807) is 13.2 Å². The molecule has 0 atom stereocenters. The molecule has 1 amide bonds. The van der Waals surface area contributed by atoms with Crippen LogP contribution in [0.5, 0.6) is 0 Å². The summed E-state index contributed by atoms with van der Waals surface area (Å²) in [5.41, 5.74) is 3.34. The molecule has 0 aliphatic carbocycles. The van der Waals surface area contributed by atoms with Crippen molar-refractivity contribution in [1.82, 2.24) is 19.4 Å². The van der Waals surface area contributed by atoms with Gasteiger partial charge in [-0.25, -0.2) is 17.2 Å². The highest BCUT2D eigenvalue weighted by Gasteiger charge is 2.32. The Balaban J connectivity index is 1.21. The van der Waals surface area contributed by atoms with Crippen LogP contribution < -0.4 is 15.5 Å². The van der Waals surface area contributed by atoms with Gasteiger partial charge in [0.05, 0.1) is 17.1 Å². The number of benzene rings is 2. The molecule has 0 saturated carbocycles.